The third-order valence-electron chi connectivity index (χ3n) is 2.48. The second-order valence-corrected chi connectivity index (χ2v) is 4.33. The first-order chi connectivity index (χ1) is 8.40. The molecule has 1 unspecified atom stereocenters. The first-order valence-electron chi connectivity index (χ1n) is 5.83. The molecule has 0 aliphatic carbocycles. The minimum Gasteiger partial charge on any atom is -0.348 e. The standard InChI is InChI=1S/C13H19N3O2/c1-8(14)13(18)15-9(2)11-5-4-6-12(7-11)16-10(3)17/h4-9H,14H2,1-3H3,(H,15,18)(H,16,17)/t8-,9?/m0/s1. The van der Waals surface area contributed by atoms with Crippen LogP contribution >= 0.6 is 0 Å². The highest BCUT2D eigenvalue weighted by molar-refractivity contribution is 5.88. The highest BCUT2D eigenvalue weighted by Crippen LogP contribution is 2.17. The fourth-order valence-corrected chi connectivity index (χ4v) is 1.52. The van der Waals surface area contributed by atoms with Crippen LogP contribution in [0.2, 0.25) is 0 Å². The Morgan fingerprint density at radius 3 is 2.50 bits per heavy atom. The van der Waals surface area contributed by atoms with Crippen LogP contribution in [0.1, 0.15) is 32.4 Å². The molecule has 1 aromatic rings. The molecule has 0 bridgehead atoms. The molecular weight excluding hydrogens is 230 g/mol. The molecule has 2 atom stereocenters. The average Bonchev–Trinajstić information content (AvgIpc) is 2.28. The van der Waals surface area contributed by atoms with E-state index in [1.807, 2.05) is 25.1 Å². The van der Waals surface area contributed by atoms with E-state index in [9.17, 15) is 9.59 Å². The van der Waals surface area contributed by atoms with Crippen molar-refractivity contribution in [1.29, 1.82) is 0 Å². The van der Waals surface area contributed by atoms with Crippen LogP contribution in [-0.4, -0.2) is 17.9 Å². The van der Waals surface area contributed by atoms with Gasteiger partial charge in [-0.3, -0.25) is 9.59 Å². The zero-order chi connectivity index (χ0) is 13.7. The number of nitrogens with one attached hydrogen (secondary N) is 2. The number of hydrogen-bond acceptors (Lipinski definition) is 3. The fourth-order valence-electron chi connectivity index (χ4n) is 1.52. The van der Waals surface area contributed by atoms with Crippen LogP contribution < -0.4 is 16.4 Å². The van der Waals surface area contributed by atoms with Crippen molar-refractivity contribution in [2.75, 3.05) is 5.32 Å². The maximum atomic E-state index is 11.5. The van der Waals surface area contributed by atoms with Crippen molar-refractivity contribution in [3.05, 3.63) is 29.8 Å². The van der Waals surface area contributed by atoms with Gasteiger partial charge in [0, 0.05) is 12.6 Å². The summed E-state index contributed by atoms with van der Waals surface area (Å²) in [6.07, 6.45) is 0. The minimum atomic E-state index is -0.536. The van der Waals surface area contributed by atoms with E-state index in [1.165, 1.54) is 6.92 Å². The Bertz CT molecular complexity index is 444. The van der Waals surface area contributed by atoms with Crippen molar-refractivity contribution in [3.8, 4) is 0 Å². The largest absolute Gasteiger partial charge is 0.348 e. The third-order valence-corrected chi connectivity index (χ3v) is 2.48. The number of rotatable bonds is 4. The summed E-state index contributed by atoms with van der Waals surface area (Å²) in [4.78, 5) is 22.4. The van der Waals surface area contributed by atoms with Crippen molar-refractivity contribution in [1.82, 2.24) is 5.32 Å². The van der Waals surface area contributed by atoms with E-state index < -0.39 is 6.04 Å². The molecule has 0 aromatic heterocycles. The lowest BCUT2D eigenvalue weighted by Gasteiger charge is -2.16. The van der Waals surface area contributed by atoms with Gasteiger partial charge in [-0.2, -0.15) is 0 Å². The number of amides is 2. The maximum absolute atomic E-state index is 11.5. The molecule has 0 radical (unpaired) electrons. The van der Waals surface area contributed by atoms with Gasteiger partial charge < -0.3 is 16.4 Å². The van der Waals surface area contributed by atoms with Crippen LogP contribution in [0.4, 0.5) is 5.69 Å². The molecule has 0 fully saturated rings. The molecule has 2 amide bonds. The molecule has 0 saturated heterocycles. The van der Waals surface area contributed by atoms with Crippen LogP contribution in [0.5, 0.6) is 0 Å². The normalized spacial score (nSPS) is 13.6. The second-order valence-electron chi connectivity index (χ2n) is 4.33. The second kappa shape index (κ2) is 6.16. The molecule has 5 nitrogen and oxygen atoms in total. The van der Waals surface area contributed by atoms with E-state index in [0.29, 0.717) is 5.69 Å². The SMILES string of the molecule is CC(=O)Nc1cccc(C(C)NC(=O)[C@H](C)N)c1. The van der Waals surface area contributed by atoms with Gasteiger partial charge in [0.15, 0.2) is 0 Å². The number of nitrogens with two attached hydrogens (primary N) is 1. The van der Waals surface area contributed by atoms with E-state index in [1.54, 1.807) is 13.0 Å². The molecule has 0 aliphatic heterocycles. The molecule has 0 heterocycles. The van der Waals surface area contributed by atoms with Crippen LogP contribution in [0.3, 0.4) is 0 Å². The summed E-state index contributed by atoms with van der Waals surface area (Å²) in [5.41, 5.74) is 7.11. The monoisotopic (exact) mass is 249 g/mol. The lowest BCUT2D eigenvalue weighted by Crippen LogP contribution is -2.39. The van der Waals surface area contributed by atoms with Crippen LogP contribution in [-0.2, 0) is 9.59 Å². The van der Waals surface area contributed by atoms with Gasteiger partial charge >= 0.3 is 0 Å². The lowest BCUT2D eigenvalue weighted by atomic mass is 10.1. The molecular formula is C13H19N3O2. The van der Waals surface area contributed by atoms with Gasteiger partial charge in [0.1, 0.15) is 0 Å². The summed E-state index contributed by atoms with van der Waals surface area (Å²) < 4.78 is 0. The molecule has 4 N–H and O–H groups in total. The van der Waals surface area contributed by atoms with Gasteiger partial charge in [-0.1, -0.05) is 12.1 Å². The third kappa shape index (κ3) is 4.18. The molecule has 0 saturated carbocycles. The quantitative estimate of drug-likeness (QED) is 0.749. The van der Waals surface area contributed by atoms with E-state index in [2.05, 4.69) is 10.6 Å². The molecule has 18 heavy (non-hydrogen) atoms. The summed E-state index contributed by atoms with van der Waals surface area (Å²) in [6, 6.07) is 6.65. The zero-order valence-electron chi connectivity index (χ0n) is 10.9. The van der Waals surface area contributed by atoms with E-state index in [0.717, 1.165) is 5.56 Å². The Balaban J connectivity index is 2.76. The number of hydrogen-bond donors (Lipinski definition) is 3. The van der Waals surface area contributed by atoms with E-state index >= 15 is 0 Å². The number of anilines is 1. The summed E-state index contributed by atoms with van der Waals surface area (Å²) in [6.45, 7) is 4.96. The number of carbonyl (C=O) groups is 2. The first-order valence-corrected chi connectivity index (χ1v) is 5.83. The molecule has 0 aliphatic rings. The van der Waals surface area contributed by atoms with Crippen LogP contribution in [0.25, 0.3) is 0 Å². The molecule has 1 rings (SSSR count). The lowest BCUT2D eigenvalue weighted by molar-refractivity contribution is -0.122. The predicted octanol–water partition coefficient (Wildman–Crippen LogP) is 1.17. The van der Waals surface area contributed by atoms with Gasteiger partial charge in [-0.05, 0) is 31.5 Å². The highest BCUT2D eigenvalue weighted by Gasteiger charge is 2.12. The highest BCUT2D eigenvalue weighted by atomic mass is 16.2. The Morgan fingerprint density at radius 1 is 1.28 bits per heavy atom. The van der Waals surface area contributed by atoms with Gasteiger partial charge in [0.2, 0.25) is 11.8 Å². The van der Waals surface area contributed by atoms with Crippen LogP contribution in [0.15, 0.2) is 24.3 Å². The molecule has 98 valence electrons. The Kier molecular flexibility index (Phi) is 4.85. The van der Waals surface area contributed by atoms with Crippen molar-refractivity contribution in [3.63, 3.8) is 0 Å². The summed E-state index contributed by atoms with van der Waals surface area (Å²) in [5.74, 6) is -0.327. The molecule has 0 spiro atoms. The first kappa shape index (κ1) is 14.2. The van der Waals surface area contributed by atoms with E-state index in [4.69, 9.17) is 5.73 Å². The topological polar surface area (TPSA) is 84.2 Å². The average molecular weight is 249 g/mol. The predicted molar refractivity (Wildman–Crippen MR) is 71.0 cm³/mol. The Morgan fingerprint density at radius 2 is 1.94 bits per heavy atom. The van der Waals surface area contributed by atoms with E-state index in [-0.39, 0.29) is 17.9 Å². The van der Waals surface area contributed by atoms with Gasteiger partial charge in [0.05, 0.1) is 12.1 Å². The Labute approximate surface area is 107 Å². The van der Waals surface area contributed by atoms with Crippen LogP contribution in [0, 0.1) is 0 Å². The number of carbonyl (C=O) groups excluding carboxylic acids is 2. The Hall–Kier alpha value is -1.88. The van der Waals surface area contributed by atoms with Crippen molar-refractivity contribution < 1.29 is 9.59 Å². The summed E-state index contributed by atoms with van der Waals surface area (Å²) in [7, 11) is 0. The summed E-state index contributed by atoms with van der Waals surface area (Å²) in [5, 5.41) is 5.50. The van der Waals surface area contributed by atoms with Crippen molar-refractivity contribution >= 4 is 17.5 Å². The maximum Gasteiger partial charge on any atom is 0.237 e. The van der Waals surface area contributed by atoms with Crippen molar-refractivity contribution in [2.24, 2.45) is 5.73 Å². The zero-order valence-corrected chi connectivity index (χ0v) is 10.9. The number of benzene rings is 1. The molecule has 5 heteroatoms. The van der Waals surface area contributed by atoms with Gasteiger partial charge in [-0.25, -0.2) is 0 Å². The van der Waals surface area contributed by atoms with Gasteiger partial charge in [-0.15, -0.1) is 0 Å². The summed E-state index contributed by atoms with van der Waals surface area (Å²) >= 11 is 0. The molecule has 1 aromatic carbocycles. The minimum absolute atomic E-state index is 0.126. The smallest absolute Gasteiger partial charge is 0.237 e. The van der Waals surface area contributed by atoms with Gasteiger partial charge in [0.25, 0.3) is 0 Å². The fraction of sp³-hybridized carbons (Fsp3) is 0.385. The van der Waals surface area contributed by atoms with Crippen molar-refractivity contribution in [2.45, 2.75) is 32.9 Å².